The van der Waals surface area contributed by atoms with Crippen LogP contribution < -0.4 is 4.74 Å². The quantitative estimate of drug-likeness (QED) is 0.394. The third-order valence-electron chi connectivity index (χ3n) is 4.55. The van der Waals surface area contributed by atoms with Crippen LogP contribution in [0.1, 0.15) is 32.2 Å². The first kappa shape index (κ1) is 20.0. The van der Waals surface area contributed by atoms with Crippen molar-refractivity contribution in [3.05, 3.63) is 54.4 Å². The van der Waals surface area contributed by atoms with Crippen LogP contribution in [0.5, 0.6) is 5.88 Å². The summed E-state index contributed by atoms with van der Waals surface area (Å²) in [6, 6.07) is 5.54. The molecule has 0 radical (unpaired) electrons. The smallest absolute Gasteiger partial charge is 0.231 e. The number of hydrogen-bond donors (Lipinski definition) is 0. The van der Waals surface area contributed by atoms with Gasteiger partial charge in [0, 0.05) is 30.9 Å². The van der Waals surface area contributed by atoms with Crippen LogP contribution in [0.3, 0.4) is 0 Å². The summed E-state index contributed by atoms with van der Waals surface area (Å²) in [5.74, 6) is 1.84. The standard InChI is InChI=1S/C21H25N7O2/c1-4-17-16(14-27-11-10-24-21(27)20-22-8-5-9-23-20)25-18-6-7-19(26-28(17)18)30-13-12-29-15(2)3/h5-11,15H,4,12-14H2,1-3H3. The van der Waals surface area contributed by atoms with Gasteiger partial charge >= 0.3 is 0 Å². The maximum Gasteiger partial charge on any atom is 0.231 e. The van der Waals surface area contributed by atoms with Gasteiger partial charge in [-0.3, -0.25) is 0 Å². The molecule has 0 fully saturated rings. The van der Waals surface area contributed by atoms with Gasteiger partial charge in [0.25, 0.3) is 0 Å². The van der Waals surface area contributed by atoms with Crippen LogP contribution in [-0.2, 0) is 17.7 Å². The van der Waals surface area contributed by atoms with Crippen molar-refractivity contribution in [1.82, 2.24) is 34.1 Å². The fraction of sp³-hybridized carbons (Fsp3) is 0.381. The predicted octanol–water partition coefficient (Wildman–Crippen LogP) is 2.80. The molecule has 0 aromatic carbocycles. The zero-order chi connectivity index (χ0) is 20.9. The normalized spacial score (nSPS) is 11.5. The average molecular weight is 407 g/mol. The summed E-state index contributed by atoms with van der Waals surface area (Å²) in [6.45, 7) is 7.63. The maximum atomic E-state index is 5.74. The van der Waals surface area contributed by atoms with E-state index < -0.39 is 0 Å². The average Bonchev–Trinajstić information content (AvgIpc) is 3.35. The molecule has 0 spiro atoms. The third-order valence-corrected chi connectivity index (χ3v) is 4.55. The fourth-order valence-corrected chi connectivity index (χ4v) is 3.21. The largest absolute Gasteiger partial charge is 0.474 e. The van der Waals surface area contributed by atoms with Crippen molar-refractivity contribution in [1.29, 1.82) is 0 Å². The van der Waals surface area contributed by atoms with E-state index in [4.69, 9.17) is 14.5 Å². The van der Waals surface area contributed by atoms with Crippen molar-refractivity contribution in [3.8, 4) is 17.5 Å². The van der Waals surface area contributed by atoms with E-state index in [0.29, 0.717) is 37.3 Å². The van der Waals surface area contributed by atoms with Crippen LogP contribution in [0, 0.1) is 0 Å². The second-order valence-corrected chi connectivity index (χ2v) is 7.02. The summed E-state index contributed by atoms with van der Waals surface area (Å²) in [7, 11) is 0. The van der Waals surface area contributed by atoms with Crippen LogP contribution in [0.4, 0.5) is 0 Å². The van der Waals surface area contributed by atoms with E-state index in [2.05, 4.69) is 27.0 Å². The van der Waals surface area contributed by atoms with Crippen molar-refractivity contribution in [2.75, 3.05) is 13.2 Å². The lowest BCUT2D eigenvalue weighted by Gasteiger charge is -2.09. The molecule has 0 saturated heterocycles. The van der Waals surface area contributed by atoms with Crippen molar-refractivity contribution in [2.24, 2.45) is 0 Å². The molecule has 0 unspecified atom stereocenters. The molecule has 0 saturated carbocycles. The Labute approximate surface area is 174 Å². The Hall–Kier alpha value is -3.33. The Morgan fingerprint density at radius 1 is 1.03 bits per heavy atom. The summed E-state index contributed by atoms with van der Waals surface area (Å²) in [4.78, 5) is 17.8. The highest BCUT2D eigenvalue weighted by atomic mass is 16.5. The summed E-state index contributed by atoms with van der Waals surface area (Å²) in [6.07, 6.45) is 8.04. The number of ether oxygens (including phenoxy) is 2. The molecule has 0 bridgehead atoms. The number of imidazole rings is 2. The molecule has 0 aliphatic heterocycles. The van der Waals surface area contributed by atoms with Crippen LogP contribution in [-0.4, -0.2) is 53.4 Å². The van der Waals surface area contributed by atoms with Crippen molar-refractivity contribution in [2.45, 2.75) is 39.8 Å². The van der Waals surface area contributed by atoms with E-state index in [9.17, 15) is 0 Å². The number of nitrogens with zero attached hydrogens (tertiary/aromatic N) is 7. The van der Waals surface area contributed by atoms with E-state index in [-0.39, 0.29) is 6.10 Å². The Morgan fingerprint density at radius 3 is 2.63 bits per heavy atom. The van der Waals surface area contributed by atoms with Gasteiger partial charge < -0.3 is 14.0 Å². The van der Waals surface area contributed by atoms with Crippen LogP contribution in [0.25, 0.3) is 17.3 Å². The number of fused-ring (bicyclic) bond motifs is 1. The summed E-state index contributed by atoms with van der Waals surface area (Å²) in [5, 5.41) is 4.62. The van der Waals surface area contributed by atoms with Gasteiger partial charge in [0.2, 0.25) is 5.88 Å². The van der Waals surface area contributed by atoms with Gasteiger partial charge in [-0.1, -0.05) is 6.92 Å². The molecule has 0 aliphatic rings. The minimum Gasteiger partial charge on any atom is -0.474 e. The molecule has 4 aromatic rings. The fourth-order valence-electron chi connectivity index (χ4n) is 3.21. The van der Waals surface area contributed by atoms with Gasteiger partial charge in [-0.05, 0) is 32.4 Å². The highest BCUT2D eigenvalue weighted by molar-refractivity contribution is 5.45. The molecule has 9 heteroatoms. The van der Waals surface area contributed by atoms with Gasteiger partial charge in [-0.15, -0.1) is 5.10 Å². The van der Waals surface area contributed by atoms with E-state index in [1.165, 1.54) is 0 Å². The zero-order valence-electron chi connectivity index (χ0n) is 17.4. The minimum atomic E-state index is 0.182. The first-order chi connectivity index (χ1) is 14.7. The SMILES string of the molecule is CCc1c(Cn2ccnc2-c2ncccn2)nc2ccc(OCCOC(C)C)nn12. The molecule has 0 amide bonds. The molecule has 156 valence electrons. The molecule has 9 nitrogen and oxygen atoms in total. The zero-order valence-corrected chi connectivity index (χ0v) is 17.4. The summed E-state index contributed by atoms with van der Waals surface area (Å²) in [5.41, 5.74) is 2.74. The van der Waals surface area contributed by atoms with Crippen LogP contribution >= 0.6 is 0 Å². The first-order valence-corrected chi connectivity index (χ1v) is 10.1. The third kappa shape index (κ3) is 4.30. The molecular weight excluding hydrogens is 382 g/mol. The Kier molecular flexibility index (Phi) is 5.99. The lowest BCUT2D eigenvalue weighted by molar-refractivity contribution is 0.0540. The minimum absolute atomic E-state index is 0.182. The number of rotatable bonds is 9. The predicted molar refractivity (Wildman–Crippen MR) is 111 cm³/mol. The Bertz CT molecular complexity index is 1110. The van der Waals surface area contributed by atoms with E-state index in [1.807, 2.05) is 41.3 Å². The topological polar surface area (TPSA) is 92.2 Å². The molecule has 0 atom stereocenters. The number of aryl methyl sites for hydroxylation is 1. The summed E-state index contributed by atoms with van der Waals surface area (Å²) >= 11 is 0. The lowest BCUT2D eigenvalue weighted by atomic mass is 10.2. The van der Waals surface area contributed by atoms with Crippen molar-refractivity contribution >= 4 is 5.65 Å². The number of aromatic nitrogens is 7. The van der Waals surface area contributed by atoms with Crippen molar-refractivity contribution < 1.29 is 9.47 Å². The number of hydrogen-bond acceptors (Lipinski definition) is 7. The van der Waals surface area contributed by atoms with Gasteiger partial charge in [-0.25, -0.2) is 24.5 Å². The Balaban J connectivity index is 1.57. The molecule has 0 aliphatic carbocycles. The van der Waals surface area contributed by atoms with E-state index >= 15 is 0 Å². The molecular formula is C21H25N7O2. The van der Waals surface area contributed by atoms with Gasteiger partial charge in [0.05, 0.1) is 30.6 Å². The molecule has 30 heavy (non-hydrogen) atoms. The lowest BCUT2D eigenvalue weighted by Crippen LogP contribution is -2.12. The van der Waals surface area contributed by atoms with Gasteiger partial charge in [-0.2, -0.15) is 0 Å². The van der Waals surface area contributed by atoms with Crippen molar-refractivity contribution in [3.63, 3.8) is 0 Å². The maximum absolute atomic E-state index is 5.74. The van der Waals surface area contributed by atoms with Gasteiger partial charge in [0.1, 0.15) is 6.61 Å². The highest BCUT2D eigenvalue weighted by Gasteiger charge is 2.16. The van der Waals surface area contributed by atoms with Crippen LogP contribution in [0.15, 0.2) is 43.0 Å². The molecule has 4 rings (SSSR count). The Morgan fingerprint density at radius 2 is 1.87 bits per heavy atom. The summed E-state index contributed by atoms with van der Waals surface area (Å²) < 4.78 is 15.1. The van der Waals surface area contributed by atoms with E-state index in [1.54, 1.807) is 24.7 Å². The first-order valence-electron chi connectivity index (χ1n) is 10.1. The second-order valence-electron chi connectivity index (χ2n) is 7.02. The monoisotopic (exact) mass is 407 g/mol. The molecule has 0 N–H and O–H groups in total. The van der Waals surface area contributed by atoms with Gasteiger partial charge in [0.15, 0.2) is 17.3 Å². The highest BCUT2D eigenvalue weighted by Crippen LogP contribution is 2.19. The van der Waals surface area contributed by atoms with E-state index in [0.717, 1.165) is 23.5 Å². The molecule has 4 aromatic heterocycles. The van der Waals surface area contributed by atoms with Crippen LogP contribution in [0.2, 0.25) is 0 Å². The second kappa shape index (κ2) is 9.00. The molecule has 4 heterocycles.